The number of rotatable bonds is 13. The van der Waals surface area contributed by atoms with Gasteiger partial charge < -0.3 is 25.5 Å². The molecule has 28 heavy (non-hydrogen) atoms. The summed E-state index contributed by atoms with van der Waals surface area (Å²) in [5.41, 5.74) is 8.23. The molecule has 0 atom stereocenters. The second-order valence-electron chi connectivity index (χ2n) is 6.82. The van der Waals surface area contributed by atoms with Crippen molar-refractivity contribution >= 4 is 5.91 Å². The number of hydrazine groups is 1. The molecule has 0 spiro atoms. The molecule has 0 bridgehead atoms. The van der Waals surface area contributed by atoms with Crippen molar-refractivity contribution in [1.29, 1.82) is 0 Å². The molecular formula is C21H36N4O3. The quantitative estimate of drug-likeness (QED) is 0.271. The van der Waals surface area contributed by atoms with Gasteiger partial charge in [-0.05, 0) is 49.8 Å². The number of nitrogens with zero attached hydrogens (tertiary/aromatic N) is 1. The Morgan fingerprint density at radius 2 is 1.93 bits per heavy atom. The van der Waals surface area contributed by atoms with E-state index in [1.165, 1.54) is 5.01 Å². The van der Waals surface area contributed by atoms with Gasteiger partial charge in [0, 0.05) is 31.6 Å². The molecule has 0 fully saturated rings. The van der Waals surface area contributed by atoms with E-state index in [0.717, 1.165) is 55.5 Å². The standard InChI is InChI=1S/C21H36N4O3/c1-5-9-16-13-17(21(26)24-3)14-19(20(16)28-11-6-2)27-12-8-7-10-18(22)15-25(4)23/h13-15H,5-12,22-23H2,1-4H3,(H,24,26)/b18-15-. The minimum Gasteiger partial charge on any atom is -0.490 e. The van der Waals surface area contributed by atoms with Crippen LogP contribution < -0.4 is 26.4 Å². The van der Waals surface area contributed by atoms with Crippen molar-refractivity contribution in [2.24, 2.45) is 11.6 Å². The van der Waals surface area contributed by atoms with Crippen LogP contribution in [0.25, 0.3) is 0 Å². The van der Waals surface area contributed by atoms with Crippen LogP contribution in [0, 0.1) is 0 Å². The molecule has 0 aromatic heterocycles. The predicted octanol–water partition coefficient (Wildman–Crippen LogP) is 2.94. The molecule has 0 saturated heterocycles. The summed E-state index contributed by atoms with van der Waals surface area (Å²) < 4.78 is 12.0. The highest BCUT2D eigenvalue weighted by molar-refractivity contribution is 5.95. The molecule has 0 saturated carbocycles. The van der Waals surface area contributed by atoms with Gasteiger partial charge in [0.05, 0.1) is 13.2 Å². The Bertz CT molecular complexity index is 645. The summed E-state index contributed by atoms with van der Waals surface area (Å²) in [4.78, 5) is 12.1. The number of unbranched alkanes of at least 4 members (excludes halogenated alkanes) is 1. The number of carbonyl (C=O) groups is 1. The van der Waals surface area contributed by atoms with Gasteiger partial charge in [0.1, 0.15) is 0 Å². The zero-order valence-corrected chi connectivity index (χ0v) is 17.7. The van der Waals surface area contributed by atoms with Crippen LogP contribution in [0.4, 0.5) is 0 Å². The van der Waals surface area contributed by atoms with Crippen LogP contribution in [0.15, 0.2) is 24.0 Å². The van der Waals surface area contributed by atoms with Crippen molar-refractivity contribution in [3.05, 3.63) is 35.2 Å². The van der Waals surface area contributed by atoms with E-state index < -0.39 is 0 Å². The topological polar surface area (TPSA) is 103 Å². The lowest BCUT2D eigenvalue weighted by atomic mass is 10.0. The van der Waals surface area contributed by atoms with Gasteiger partial charge in [-0.1, -0.05) is 20.3 Å². The fraction of sp³-hybridized carbons (Fsp3) is 0.571. The van der Waals surface area contributed by atoms with Crippen LogP contribution in [-0.4, -0.2) is 38.2 Å². The Morgan fingerprint density at radius 3 is 2.54 bits per heavy atom. The van der Waals surface area contributed by atoms with Crippen molar-refractivity contribution in [1.82, 2.24) is 10.3 Å². The first-order valence-corrected chi connectivity index (χ1v) is 10.0. The summed E-state index contributed by atoms with van der Waals surface area (Å²) in [6.45, 7) is 5.31. The average molecular weight is 393 g/mol. The largest absolute Gasteiger partial charge is 0.490 e. The van der Waals surface area contributed by atoms with Gasteiger partial charge in [-0.25, -0.2) is 5.84 Å². The maximum absolute atomic E-state index is 12.1. The molecule has 7 heteroatoms. The number of hydrogen-bond donors (Lipinski definition) is 3. The Hall–Kier alpha value is -2.41. The molecular weight excluding hydrogens is 356 g/mol. The maximum Gasteiger partial charge on any atom is 0.251 e. The predicted molar refractivity (Wildman–Crippen MR) is 113 cm³/mol. The van der Waals surface area contributed by atoms with Crippen LogP contribution in [0.5, 0.6) is 11.5 Å². The number of ether oxygens (including phenoxy) is 2. The zero-order valence-electron chi connectivity index (χ0n) is 17.7. The molecule has 1 aromatic carbocycles. The Kier molecular flexibility index (Phi) is 10.9. The van der Waals surface area contributed by atoms with E-state index in [4.69, 9.17) is 21.1 Å². The maximum atomic E-state index is 12.1. The van der Waals surface area contributed by atoms with Gasteiger partial charge >= 0.3 is 0 Å². The van der Waals surface area contributed by atoms with Gasteiger partial charge in [-0.2, -0.15) is 0 Å². The van der Waals surface area contributed by atoms with Crippen molar-refractivity contribution in [3.8, 4) is 11.5 Å². The fourth-order valence-electron chi connectivity index (χ4n) is 2.81. The van der Waals surface area contributed by atoms with Crippen molar-refractivity contribution < 1.29 is 14.3 Å². The monoisotopic (exact) mass is 392 g/mol. The molecule has 158 valence electrons. The lowest BCUT2D eigenvalue weighted by Crippen LogP contribution is -2.20. The molecule has 0 heterocycles. The van der Waals surface area contributed by atoms with Crippen LogP contribution in [0.2, 0.25) is 0 Å². The molecule has 5 N–H and O–H groups in total. The lowest BCUT2D eigenvalue weighted by molar-refractivity contribution is 0.0962. The van der Waals surface area contributed by atoms with E-state index in [9.17, 15) is 4.79 Å². The van der Waals surface area contributed by atoms with E-state index in [1.54, 1.807) is 26.4 Å². The van der Waals surface area contributed by atoms with E-state index in [0.29, 0.717) is 24.5 Å². The zero-order chi connectivity index (χ0) is 20.9. The Morgan fingerprint density at radius 1 is 1.18 bits per heavy atom. The van der Waals surface area contributed by atoms with Gasteiger partial charge in [0.2, 0.25) is 0 Å². The minimum absolute atomic E-state index is 0.131. The third-order valence-electron chi connectivity index (χ3n) is 4.08. The van der Waals surface area contributed by atoms with Crippen LogP contribution in [-0.2, 0) is 6.42 Å². The van der Waals surface area contributed by atoms with Crippen LogP contribution in [0.1, 0.15) is 61.9 Å². The van der Waals surface area contributed by atoms with Gasteiger partial charge in [0.15, 0.2) is 11.5 Å². The van der Waals surface area contributed by atoms with Gasteiger partial charge in [-0.3, -0.25) is 4.79 Å². The second kappa shape index (κ2) is 12.9. The summed E-state index contributed by atoms with van der Waals surface area (Å²) >= 11 is 0. The highest BCUT2D eigenvalue weighted by Crippen LogP contribution is 2.34. The van der Waals surface area contributed by atoms with Crippen molar-refractivity contribution in [2.45, 2.75) is 52.4 Å². The molecule has 1 amide bonds. The third-order valence-corrected chi connectivity index (χ3v) is 4.08. The average Bonchev–Trinajstić information content (AvgIpc) is 2.65. The summed E-state index contributed by atoms with van der Waals surface area (Å²) in [6.07, 6.45) is 6.88. The minimum atomic E-state index is -0.131. The first-order chi connectivity index (χ1) is 13.4. The van der Waals surface area contributed by atoms with Gasteiger partial charge in [0.25, 0.3) is 5.91 Å². The number of allylic oxidation sites excluding steroid dienone is 1. The number of carbonyl (C=O) groups excluding carboxylic acids is 1. The van der Waals surface area contributed by atoms with Crippen molar-refractivity contribution in [2.75, 3.05) is 27.3 Å². The number of hydrogen-bond acceptors (Lipinski definition) is 6. The SMILES string of the molecule is CCCOc1c(CCC)cc(C(=O)NC)cc1OCCCC/C(N)=C/N(C)N. The van der Waals surface area contributed by atoms with Crippen LogP contribution >= 0.6 is 0 Å². The number of benzene rings is 1. The molecule has 0 radical (unpaired) electrons. The number of aryl methyl sites for hydroxylation is 1. The number of amides is 1. The molecule has 1 rings (SSSR count). The van der Waals surface area contributed by atoms with E-state index >= 15 is 0 Å². The Labute approximate surface area is 169 Å². The lowest BCUT2D eigenvalue weighted by Gasteiger charge is -2.18. The third kappa shape index (κ3) is 8.08. The molecule has 0 unspecified atom stereocenters. The van der Waals surface area contributed by atoms with Gasteiger partial charge in [-0.15, -0.1) is 0 Å². The highest BCUT2D eigenvalue weighted by Gasteiger charge is 2.16. The molecule has 0 aliphatic rings. The summed E-state index contributed by atoms with van der Waals surface area (Å²) in [5.74, 6) is 6.80. The van der Waals surface area contributed by atoms with E-state index in [1.807, 2.05) is 6.07 Å². The molecule has 7 nitrogen and oxygen atoms in total. The molecule has 1 aromatic rings. The first kappa shape index (κ1) is 23.6. The number of nitrogens with one attached hydrogen (secondary N) is 1. The smallest absolute Gasteiger partial charge is 0.251 e. The van der Waals surface area contributed by atoms with E-state index in [2.05, 4.69) is 19.2 Å². The van der Waals surface area contributed by atoms with E-state index in [-0.39, 0.29) is 5.91 Å². The fourth-order valence-corrected chi connectivity index (χ4v) is 2.81. The highest BCUT2D eigenvalue weighted by atomic mass is 16.5. The molecule has 0 aliphatic carbocycles. The summed E-state index contributed by atoms with van der Waals surface area (Å²) in [6, 6.07) is 3.66. The second-order valence-corrected chi connectivity index (χ2v) is 6.82. The Balaban J connectivity index is 2.87. The van der Waals surface area contributed by atoms with Crippen molar-refractivity contribution in [3.63, 3.8) is 0 Å². The molecule has 0 aliphatic heterocycles. The van der Waals surface area contributed by atoms with Crippen LogP contribution in [0.3, 0.4) is 0 Å². The normalized spacial score (nSPS) is 11.2. The summed E-state index contributed by atoms with van der Waals surface area (Å²) in [7, 11) is 3.36. The first-order valence-electron chi connectivity index (χ1n) is 10.0. The number of nitrogens with two attached hydrogens (primary N) is 2. The summed E-state index contributed by atoms with van der Waals surface area (Å²) in [5, 5.41) is 4.12.